The number of aryl methyl sites for hydroxylation is 1. The average molecular weight is 335 g/mol. The van der Waals surface area contributed by atoms with Crippen molar-refractivity contribution in [3.63, 3.8) is 0 Å². The van der Waals surface area contributed by atoms with E-state index in [0.717, 1.165) is 30.0 Å². The summed E-state index contributed by atoms with van der Waals surface area (Å²) >= 11 is -1.10. The lowest BCUT2D eigenvalue weighted by Crippen LogP contribution is -2.36. The Labute approximate surface area is 140 Å². The number of nitrogens with two attached hydrogens (primary N) is 1. The predicted octanol–water partition coefficient (Wildman–Crippen LogP) is 2.57. The fourth-order valence-corrected chi connectivity index (χ4v) is 4.02. The Balaban J connectivity index is 1.90. The van der Waals surface area contributed by atoms with Gasteiger partial charge in [-0.15, -0.1) is 0 Å². The third-order valence-corrected chi connectivity index (χ3v) is 6.16. The first-order valence-corrected chi connectivity index (χ1v) is 9.60. The number of hydrogen-bond acceptors (Lipinski definition) is 4. The first-order chi connectivity index (χ1) is 10.9. The normalized spacial score (nSPS) is 20.4. The zero-order valence-corrected chi connectivity index (χ0v) is 14.7. The van der Waals surface area contributed by atoms with Crippen molar-refractivity contribution < 1.29 is 9.35 Å². The molecule has 1 spiro atoms. The summed E-state index contributed by atoms with van der Waals surface area (Å²) in [7, 11) is 0. The van der Waals surface area contributed by atoms with Crippen molar-refractivity contribution >= 4 is 28.6 Å². The SMILES string of the molecule is CC[S+]([O-])Nc1cc(C)c(C(N)=O)c(N2CCC3(CC2)CC3)c1. The number of rotatable bonds is 5. The smallest absolute Gasteiger partial charge is 0.251 e. The molecule has 1 unspecified atom stereocenters. The van der Waals surface area contributed by atoms with Gasteiger partial charge in [-0.05, 0) is 62.6 Å². The Hall–Kier alpha value is -1.40. The maximum Gasteiger partial charge on any atom is 0.251 e. The third-order valence-electron chi connectivity index (χ3n) is 5.18. The molecule has 1 heterocycles. The molecule has 1 aromatic carbocycles. The van der Waals surface area contributed by atoms with E-state index < -0.39 is 17.3 Å². The summed E-state index contributed by atoms with van der Waals surface area (Å²) in [6.07, 6.45) is 5.06. The lowest BCUT2D eigenvalue weighted by molar-refractivity contribution is 0.1000. The van der Waals surface area contributed by atoms with E-state index in [2.05, 4.69) is 9.62 Å². The van der Waals surface area contributed by atoms with Gasteiger partial charge in [-0.3, -0.25) is 4.79 Å². The second kappa shape index (κ2) is 6.24. The molecular formula is C17H25N3O2S. The molecule has 2 fully saturated rings. The number of benzene rings is 1. The van der Waals surface area contributed by atoms with Crippen LogP contribution < -0.4 is 15.4 Å². The molecule has 23 heavy (non-hydrogen) atoms. The van der Waals surface area contributed by atoms with Crippen molar-refractivity contribution in [1.82, 2.24) is 0 Å². The van der Waals surface area contributed by atoms with Crippen LogP contribution in [0.5, 0.6) is 0 Å². The van der Waals surface area contributed by atoms with Crippen molar-refractivity contribution in [2.45, 2.75) is 39.5 Å². The van der Waals surface area contributed by atoms with Crippen LogP contribution in [0.1, 0.15) is 48.5 Å². The lowest BCUT2D eigenvalue weighted by atomic mass is 9.92. The van der Waals surface area contributed by atoms with Crippen LogP contribution in [0.2, 0.25) is 0 Å². The quantitative estimate of drug-likeness (QED) is 0.810. The minimum Gasteiger partial charge on any atom is -0.593 e. The van der Waals surface area contributed by atoms with Crippen molar-refractivity contribution in [3.05, 3.63) is 23.3 Å². The summed E-state index contributed by atoms with van der Waals surface area (Å²) in [6.45, 7) is 5.67. The number of piperidine rings is 1. The van der Waals surface area contributed by atoms with Gasteiger partial charge in [-0.2, -0.15) is 0 Å². The molecule has 1 atom stereocenters. The molecule has 3 N–H and O–H groups in total. The number of carbonyl (C=O) groups is 1. The fourth-order valence-electron chi connectivity index (χ4n) is 3.50. The third kappa shape index (κ3) is 3.43. The topological polar surface area (TPSA) is 81.4 Å². The van der Waals surface area contributed by atoms with E-state index in [9.17, 15) is 9.35 Å². The Morgan fingerprint density at radius 2 is 2.00 bits per heavy atom. The highest BCUT2D eigenvalue weighted by molar-refractivity contribution is 7.92. The maximum atomic E-state index is 11.9. The Kier molecular flexibility index (Phi) is 4.47. The standard InChI is InChI=1S/C17H25N3O2S/c1-3-23(22)19-13-10-12(2)15(16(18)21)14(11-13)20-8-6-17(4-5-17)7-9-20/h10-11,19H,3-9H2,1-2H3,(H2,18,21). The molecular weight excluding hydrogens is 310 g/mol. The first-order valence-electron chi connectivity index (χ1n) is 8.28. The Morgan fingerprint density at radius 1 is 1.35 bits per heavy atom. The van der Waals surface area contributed by atoms with Crippen LogP contribution in [0.25, 0.3) is 0 Å². The second-order valence-electron chi connectivity index (χ2n) is 6.77. The van der Waals surface area contributed by atoms with E-state index in [1.165, 1.54) is 25.7 Å². The minimum absolute atomic E-state index is 0.396. The summed E-state index contributed by atoms with van der Waals surface area (Å²) in [4.78, 5) is 14.2. The monoisotopic (exact) mass is 335 g/mol. The number of nitrogens with one attached hydrogen (secondary N) is 1. The van der Waals surface area contributed by atoms with Gasteiger partial charge in [-0.25, -0.2) is 4.72 Å². The van der Waals surface area contributed by atoms with Crippen LogP contribution in [0.4, 0.5) is 11.4 Å². The molecule has 3 rings (SSSR count). The zero-order valence-electron chi connectivity index (χ0n) is 13.9. The number of carbonyl (C=O) groups excluding carboxylic acids is 1. The van der Waals surface area contributed by atoms with Gasteiger partial charge in [0.1, 0.15) is 5.75 Å². The van der Waals surface area contributed by atoms with Gasteiger partial charge in [0.15, 0.2) is 0 Å². The molecule has 0 radical (unpaired) electrons. The predicted molar refractivity (Wildman–Crippen MR) is 95.1 cm³/mol. The number of amides is 1. The van der Waals surface area contributed by atoms with Gasteiger partial charge in [0.2, 0.25) is 0 Å². The van der Waals surface area contributed by atoms with E-state index >= 15 is 0 Å². The lowest BCUT2D eigenvalue weighted by Gasteiger charge is -2.35. The van der Waals surface area contributed by atoms with Crippen LogP contribution in [0.15, 0.2) is 12.1 Å². The van der Waals surface area contributed by atoms with Crippen molar-refractivity contribution in [2.75, 3.05) is 28.5 Å². The van der Waals surface area contributed by atoms with E-state index in [-0.39, 0.29) is 0 Å². The first kappa shape index (κ1) is 16.5. The molecule has 2 aliphatic rings. The van der Waals surface area contributed by atoms with Crippen LogP contribution in [0.3, 0.4) is 0 Å². The molecule has 0 bridgehead atoms. The molecule has 1 saturated carbocycles. The number of nitrogens with zero attached hydrogens (tertiary/aromatic N) is 1. The minimum atomic E-state index is -1.10. The van der Waals surface area contributed by atoms with Crippen LogP contribution in [0, 0.1) is 12.3 Å². The van der Waals surface area contributed by atoms with Crippen LogP contribution in [-0.4, -0.2) is 29.3 Å². The summed E-state index contributed by atoms with van der Waals surface area (Å²) in [5.74, 6) is 0.144. The zero-order chi connectivity index (χ0) is 16.6. The highest BCUT2D eigenvalue weighted by Crippen LogP contribution is 2.54. The highest BCUT2D eigenvalue weighted by Gasteiger charge is 2.44. The Bertz CT molecular complexity index is 606. The van der Waals surface area contributed by atoms with Crippen molar-refractivity contribution in [1.29, 1.82) is 0 Å². The summed E-state index contributed by atoms with van der Waals surface area (Å²) in [5, 5.41) is 0. The largest absolute Gasteiger partial charge is 0.593 e. The van der Waals surface area contributed by atoms with Gasteiger partial charge in [0.25, 0.3) is 5.91 Å². The molecule has 1 aliphatic heterocycles. The molecule has 0 aromatic heterocycles. The van der Waals surface area contributed by atoms with E-state index in [1.54, 1.807) is 0 Å². The summed E-state index contributed by atoms with van der Waals surface area (Å²) in [5.41, 5.74) is 9.28. The Morgan fingerprint density at radius 3 is 2.52 bits per heavy atom. The van der Waals surface area contributed by atoms with Crippen LogP contribution in [-0.2, 0) is 11.4 Å². The molecule has 1 saturated heterocycles. The molecule has 6 heteroatoms. The van der Waals surface area contributed by atoms with Crippen LogP contribution >= 0.6 is 0 Å². The van der Waals surface area contributed by atoms with Gasteiger partial charge in [-0.1, -0.05) is 0 Å². The fraction of sp³-hybridized carbons (Fsp3) is 0.588. The van der Waals surface area contributed by atoms with Gasteiger partial charge in [0.05, 0.1) is 28.3 Å². The molecule has 5 nitrogen and oxygen atoms in total. The van der Waals surface area contributed by atoms with E-state index in [1.807, 2.05) is 26.0 Å². The van der Waals surface area contributed by atoms with Crippen molar-refractivity contribution in [3.8, 4) is 0 Å². The summed E-state index contributed by atoms with van der Waals surface area (Å²) < 4.78 is 14.8. The molecule has 1 aromatic rings. The molecule has 126 valence electrons. The number of hydrogen-bond donors (Lipinski definition) is 2. The van der Waals surface area contributed by atoms with Gasteiger partial charge >= 0.3 is 0 Å². The van der Waals surface area contributed by atoms with E-state index in [4.69, 9.17) is 5.73 Å². The van der Waals surface area contributed by atoms with E-state index in [0.29, 0.717) is 16.7 Å². The van der Waals surface area contributed by atoms with Gasteiger partial charge < -0.3 is 15.2 Å². The number of anilines is 2. The molecule has 1 aliphatic carbocycles. The van der Waals surface area contributed by atoms with Gasteiger partial charge in [0, 0.05) is 13.1 Å². The maximum absolute atomic E-state index is 11.9. The second-order valence-corrected chi connectivity index (χ2v) is 8.25. The number of primary amides is 1. The molecule has 1 amide bonds. The summed E-state index contributed by atoms with van der Waals surface area (Å²) in [6, 6.07) is 3.77. The average Bonchev–Trinajstić information content (AvgIpc) is 3.26. The van der Waals surface area contributed by atoms with Crippen molar-refractivity contribution in [2.24, 2.45) is 11.1 Å². The highest BCUT2D eigenvalue weighted by atomic mass is 32.2.